The van der Waals surface area contributed by atoms with Crippen molar-refractivity contribution >= 4 is 33.4 Å². The largest absolute Gasteiger partial charge is 0.348 e. The minimum Gasteiger partial charge on any atom is -0.348 e. The molecule has 0 spiro atoms. The number of fused-ring (bicyclic) bond motifs is 1. The van der Waals surface area contributed by atoms with E-state index in [4.69, 9.17) is 0 Å². The van der Waals surface area contributed by atoms with Crippen LogP contribution < -0.4 is 10.6 Å². The molecule has 0 bridgehead atoms. The number of thiazole rings is 1. The van der Waals surface area contributed by atoms with Gasteiger partial charge in [-0.15, -0.1) is 11.3 Å². The van der Waals surface area contributed by atoms with Gasteiger partial charge in [-0.3, -0.25) is 9.59 Å². The molecule has 2 amide bonds. The second-order valence-corrected chi connectivity index (χ2v) is 6.27. The zero-order chi connectivity index (χ0) is 17.8. The van der Waals surface area contributed by atoms with E-state index in [-0.39, 0.29) is 18.7 Å². The van der Waals surface area contributed by atoms with Gasteiger partial charge in [-0.25, -0.2) is 13.8 Å². The highest BCUT2D eigenvalue weighted by Crippen LogP contribution is 2.21. The Balaban J connectivity index is 1.51. The molecule has 8 heteroatoms. The van der Waals surface area contributed by atoms with Crippen molar-refractivity contribution in [3.63, 3.8) is 0 Å². The number of aromatic nitrogens is 1. The van der Waals surface area contributed by atoms with Gasteiger partial charge in [0, 0.05) is 6.07 Å². The summed E-state index contributed by atoms with van der Waals surface area (Å²) in [6, 6.07) is 10.2. The molecule has 0 saturated carbocycles. The summed E-state index contributed by atoms with van der Waals surface area (Å²) in [5.74, 6) is -2.97. The first kappa shape index (κ1) is 17.0. The zero-order valence-electron chi connectivity index (χ0n) is 12.9. The normalized spacial score (nSPS) is 10.6. The van der Waals surface area contributed by atoms with E-state index in [1.807, 2.05) is 24.3 Å². The molecule has 5 nitrogen and oxygen atoms in total. The number of carbonyl (C=O) groups excluding carboxylic acids is 2. The fraction of sp³-hybridized carbons (Fsp3) is 0.118. The molecule has 0 aliphatic rings. The standard InChI is InChI=1S/C17H13F2N3O2S/c18-10-5-6-11(12(19)7-10)17(24)21-8-15(23)20-9-16-22-13-3-1-2-4-14(13)25-16/h1-7H,8-9H2,(H,20,23)(H,21,24). The van der Waals surface area contributed by atoms with Crippen LogP contribution in [0.1, 0.15) is 15.4 Å². The average Bonchev–Trinajstić information content (AvgIpc) is 3.01. The fourth-order valence-electron chi connectivity index (χ4n) is 2.16. The summed E-state index contributed by atoms with van der Waals surface area (Å²) in [4.78, 5) is 28.0. The van der Waals surface area contributed by atoms with Crippen LogP contribution in [0.3, 0.4) is 0 Å². The first-order valence-corrected chi connectivity index (χ1v) is 8.19. The van der Waals surface area contributed by atoms with Crippen molar-refractivity contribution in [1.82, 2.24) is 15.6 Å². The van der Waals surface area contributed by atoms with Gasteiger partial charge in [0.05, 0.1) is 28.9 Å². The van der Waals surface area contributed by atoms with Crippen LogP contribution in [0.4, 0.5) is 8.78 Å². The molecule has 0 aliphatic heterocycles. The highest BCUT2D eigenvalue weighted by Gasteiger charge is 2.13. The Morgan fingerprint density at radius 2 is 1.88 bits per heavy atom. The van der Waals surface area contributed by atoms with Crippen LogP contribution in [0, 0.1) is 11.6 Å². The predicted octanol–water partition coefficient (Wildman–Crippen LogP) is 2.62. The molecule has 128 valence electrons. The summed E-state index contributed by atoms with van der Waals surface area (Å²) in [6.07, 6.45) is 0. The van der Waals surface area contributed by atoms with Gasteiger partial charge in [-0.1, -0.05) is 12.1 Å². The number of nitrogens with one attached hydrogen (secondary N) is 2. The van der Waals surface area contributed by atoms with Crippen LogP contribution in [-0.2, 0) is 11.3 Å². The van der Waals surface area contributed by atoms with Gasteiger partial charge in [0.25, 0.3) is 5.91 Å². The van der Waals surface area contributed by atoms with Crippen LogP contribution in [0.25, 0.3) is 10.2 Å². The van der Waals surface area contributed by atoms with Crippen LogP contribution in [0.2, 0.25) is 0 Å². The van der Waals surface area contributed by atoms with Crippen LogP contribution in [0.5, 0.6) is 0 Å². The Morgan fingerprint density at radius 1 is 1.08 bits per heavy atom. The number of para-hydroxylation sites is 1. The van der Waals surface area contributed by atoms with E-state index in [1.54, 1.807) is 0 Å². The third kappa shape index (κ3) is 4.16. The van der Waals surface area contributed by atoms with E-state index in [9.17, 15) is 18.4 Å². The van der Waals surface area contributed by atoms with E-state index in [0.29, 0.717) is 6.07 Å². The Labute approximate surface area is 145 Å². The van der Waals surface area contributed by atoms with Gasteiger partial charge in [-0.2, -0.15) is 0 Å². The molecule has 1 heterocycles. The van der Waals surface area contributed by atoms with Gasteiger partial charge in [0.15, 0.2) is 0 Å². The van der Waals surface area contributed by atoms with Crippen molar-refractivity contribution in [2.75, 3.05) is 6.54 Å². The Morgan fingerprint density at radius 3 is 2.64 bits per heavy atom. The lowest BCUT2D eigenvalue weighted by molar-refractivity contribution is -0.120. The lowest BCUT2D eigenvalue weighted by Crippen LogP contribution is -2.36. The summed E-state index contributed by atoms with van der Waals surface area (Å²) < 4.78 is 27.3. The van der Waals surface area contributed by atoms with Crippen molar-refractivity contribution in [1.29, 1.82) is 0 Å². The number of rotatable bonds is 5. The molecule has 0 saturated heterocycles. The van der Waals surface area contributed by atoms with Gasteiger partial charge >= 0.3 is 0 Å². The third-order valence-corrected chi connectivity index (χ3v) is 4.40. The average molecular weight is 361 g/mol. The zero-order valence-corrected chi connectivity index (χ0v) is 13.7. The lowest BCUT2D eigenvalue weighted by Gasteiger charge is -2.06. The highest BCUT2D eigenvalue weighted by molar-refractivity contribution is 7.18. The molecule has 3 rings (SSSR count). The van der Waals surface area contributed by atoms with E-state index in [1.165, 1.54) is 11.3 Å². The van der Waals surface area contributed by atoms with Crippen LogP contribution in [0.15, 0.2) is 42.5 Å². The molecule has 0 fully saturated rings. The Hall–Kier alpha value is -2.87. The Kier molecular flexibility index (Phi) is 4.99. The van der Waals surface area contributed by atoms with E-state index < -0.39 is 23.4 Å². The molecule has 0 aliphatic carbocycles. The lowest BCUT2D eigenvalue weighted by atomic mass is 10.2. The molecule has 0 atom stereocenters. The summed E-state index contributed by atoms with van der Waals surface area (Å²) in [5.41, 5.74) is 0.539. The van der Waals surface area contributed by atoms with Crippen molar-refractivity contribution in [2.24, 2.45) is 0 Å². The topological polar surface area (TPSA) is 71.1 Å². The van der Waals surface area contributed by atoms with Crippen molar-refractivity contribution in [3.8, 4) is 0 Å². The molecule has 0 unspecified atom stereocenters. The second-order valence-electron chi connectivity index (χ2n) is 5.16. The minimum atomic E-state index is -0.979. The molecule has 2 N–H and O–H groups in total. The first-order chi connectivity index (χ1) is 12.0. The van der Waals surface area contributed by atoms with Gasteiger partial charge in [0.1, 0.15) is 16.6 Å². The Bertz CT molecular complexity index is 910. The minimum absolute atomic E-state index is 0.235. The summed E-state index contributed by atoms with van der Waals surface area (Å²) in [6.45, 7) is -0.0838. The van der Waals surface area contributed by atoms with Gasteiger partial charge in [-0.05, 0) is 24.3 Å². The maximum absolute atomic E-state index is 13.5. The van der Waals surface area contributed by atoms with Gasteiger partial charge in [0.2, 0.25) is 5.91 Å². The van der Waals surface area contributed by atoms with E-state index >= 15 is 0 Å². The number of halogens is 2. The predicted molar refractivity (Wildman–Crippen MR) is 90.2 cm³/mol. The van der Waals surface area contributed by atoms with Crippen molar-refractivity contribution < 1.29 is 18.4 Å². The highest BCUT2D eigenvalue weighted by atomic mass is 32.1. The number of benzene rings is 2. The summed E-state index contributed by atoms with van der Waals surface area (Å²) in [5, 5.41) is 5.66. The monoisotopic (exact) mass is 361 g/mol. The smallest absolute Gasteiger partial charge is 0.254 e. The number of hydrogen-bond acceptors (Lipinski definition) is 4. The van der Waals surface area contributed by atoms with Crippen LogP contribution in [-0.4, -0.2) is 23.3 Å². The maximum Gasteiger partial charge on any atom is 0.254 e. The number of hydrogen-bond donors (Lipinski definition) is 2. The maximum atomic E-state index is 13.5. The summed E-state index contributed by atoms with van der Waals surface area (Å²) >= 11 is 1.47. The number of amides is 2. The van der Waals surface area contributed by atoms with E-state index in [2.05, 4.69) is 15.6 Å². The molecule has 1 aromatic heterocycles. The second kappa shape index (κ2) is 7.35. The van der Waals surface area contributed by atoms with Crippen molar-refractivity contribution in [3.05, 3.63) is 64.7 Å². The fourth-order valence-corrected chi connectivity index (χ4v) is 3.07. The molecular formula is C17H13F2N3O2S. The number of carbonyl (C=O) groups is 2. The molecule has 25 heavy (non-hydrogen) atoms. The van der Waals surface area contributed by atoms with Crippen LogP contribution >= 0.6 is 11.3 Å². The molecule has 2 aromatic carbocycles. The quantitative estimate of drug-likeness (QED) is 0.734. The molecule has 3 aromatic rings. The number of nitrogens with zero attached hydrogens (tertiary/aromatic N) is 1. The van der Waals surface area contributed by atoms with E-state index in [0.717, 1.165) is 27.4 Å². The van der Waals surface area contributed by atoms with Gasteiger partial charge < -0.3 is 10.6 Å². The molecular weight excluding hydrogens is 348 g/mol. The molecule has 0 radical (unpaired) electrons. The third-order valence-electron chi connectivity index (χ3n) is 3.36. The SMILES string of the molecule is O=C(CNC(=O)c1ccc(F)cc1F)NCc1nc2ccccc2s1. The summed E-state index contributed by atoms with van der Waals surface area (Å²) in [7, 11) is 0. The van der Waals surface area contributed by atoms with Crippen molar-refractivity contribution in [2.45, 2.75) is 6.54 Å². The first-order valence-electron chi connectivity index (χ1n) is 7.37.